The Kier molecular flexibility index (Phi) is 3.23. The topological polar surface area (TPSA) is 38.1 Å². The average molecular weight is 303 g/mol. The number of carbonyl (C=O) groups excluding carboxylic acids is 1. The van der Waals surface area contributed by atoms with Crippen molar-refractivity contribution in [2.45, 2.75) is 13.0 Å². The highest BCUT2D eigenvalue weighted by Crippen LogP contribution is 2.31. The van der Waals surface area contributed by atoms with Crippen molar-refractivity contribution >= 4 is 11.6 Å². The quantitative estimate of drug-likeness (QED) is 0.692. The van der Waals surface area contributed by atoms with Crippen LogP contribution in [0.4, 0.5) is 5.69 Å². The van der Waals surface area contributed by atoms with Gasteiger partial charge in [-0.3, -0.25) is 9.78 Å². The lowest BCUT2D eigenvalue weighted by atomic mass is 10.1. The van der Waals surface area contributed by atoms with Crippen LogP contribution < -0.4 is 4.90 Å². The summed E-state index contributed by atoms with van der Waals surface area (Å²) in [5, 5.41) is 0. The SMILES string of the molecule is Cn1ccc2c1Cc1ccccc1N(C(=O)c1ccccn1)C2. The minimum atomic E-state index is -0.0604. The molecule has 4 rings (SSSR count). The van der Waals surface area contributed by atoms with Gasteiger partial charge in [-0.05, 0) is 35.4 Å². The van der Waals surface area contributed by atoms with Crippen molar-refractivity contribution in [1.29, 1.82) is 0 Å². The molecule has 1 aliphatic heterocycles. The van der Waals surface area contributed by atoms with Gasteiger partial charge in [-0.1, -0.05) is 24.3 Å². The van der Waals surface area contributed by atoms with Gasteiger partial charge in [-0.15, -0.1) is 0 Å². The van der Waals surface area contributed by atoms with Crippen molar-refractivity contribution in [3.05, 3.63) is 83.4 Å². The summed E-state index contributed by atoms with van der Waals surface area (Å²) in [4.78, 5) is 19.0. The zero-order chi connectivity index (χ0) is 15.8. The van der Waals surface area contributed by atoms with Crippen LogP contribution in [-0.2, 0) is 20.0 Å². The van der Waals surface area contributed by atoms with Crippen LogP contribution in [-0.4, -0.2) is 15.5 Å². The van der Waals surface area contributed by atoms with Crippen molar-refractivity contribution in [3.8, 4) is 0 Å². The van der Waals surface area contributed by atoms with Crippen LogP contribution in [0.5, 0.6) is 0 Å². The number of rotatable bonds is 1. The highest BCUT2D eigenvalue weighted by molar-refractivity contribution is 6.05. The molecule has 0 N–H and O–H groups in total. The number of hydrogen-bond donors (Lipinski definition) is 0. The molecule has 3 heterocycles. The Bertz CT molecular complexity index is 867. The molecule has 1 aromatic carbocycles. The number of aryl methyl sites for hydroxylation is 1. The summed E-state index contributed by atoms with van der Waals surface area (Å²) in [5.41, 5.74) is 5.06. The summed E-state index contributed by atoms with van der Waals surface area (Å²) in [6.07, 6.45) is 4.55. The molecule has 3 aromatic rings. The van der Waals surface area contributed by atoms with Crippen LogP contribution in [0.25, 0.3) is 0 Å². The fourth-order valence-corrected chi connectivity index (χ4v) is 3.16. The van der Waals surface area contributed by atoms with E-state index in [0.29, 0.717) is 12.2 Å². The maximum Gasteiger partial charge on any atom is 0.277 e. The van der Waals surface area contributed by atoms with Gasteiger partial charge in [-0.2, -0.15) is 0 Å². The van der Waals surface area contributed by atoms with E-state index in [1.54, 1.807) is 12.3 Å². The van der Waals surface area contributed by atoms with Crippen LogP contribution in [0.2, 0.25) is 0 Å². The Hall–Kier alpha value is -2.88. The number of carbonyl (C=O) groups is 1. The van der Waals surface area contributed by atoms with Gasteiger partial charge in [0, 0.05) is 37.2 Å². The first-order valence-electron chi connectivity index (χ1n) is 7.68. The first-order valence-corrected chi connectivity index (χ1v) is 7.68. The van der Waals surface area contributed by atoms with Crippen molar-refractivity contribution in [2.24, 2.45) is 7.05 Å². The fourth-order valence-electron chi connectivity index (χ4n) is 3.16. The summed E-state index contributed by atoms with van der Waals surface area (Å²) in [6, 6.07) is 15.6. The molecule has 4 heteroatoms. The number of para-hydroxylation sites is 1. The molecule has 0 spiro atoms. The Balaban J connectivity index is 1.84. The molecule has 2 aromatic heterocycles. The van der Waals surface area contributed by atoms with E-state index in [4.69, 9.17) is 0 Å². The zero-order valence-electron chi connectivity index (χ0n) is 12.9. The predicted octanol–water partition coefficient (Wildman–Crippen LogP) is 3.17. The minimum Gasteiger partial charge on any atom is -0.354 e. The van der Waals surface area contributed by atoms with Gasteiger partial charge >= 0.3 is 0 Å². The summed E-state index contributed by atoms with van der Waals surface area (Å²) in [7, 11) is 2.05. The van der Waals surface area contributed by atoms with Crippen molar-refractivity contribution in [3.63, 3.8) is 0 Å². The zero-order valence-corrected chi connectivity index (χ0v) is 12.9. The van der Waals surface area contributed by atoms with Crippen LogP contribution >= 0.6 is 0 Å². The van der Waals surface area contributed by atoms with Crippen molar-refractivity contribution in [1.82, 2.24) is 9.55 Å². The van der Waals surface area contributed by atoms with Crippen LogP contribution in [0.1, 0.15) is 27.3 Å². The Labute approximate surface area is 135 Å². The Morgan fingerprint density at radius 3 is 2.70 bits per heavy atom. The third-order valence-corrected chi connectivity index (χ3v) is 4.39. The van der Waals surface area contributed by atoms with E-state index in [2.05, 4.69) is 34.9 Å². The monoisotopic (exact) mass is 303 g/mol. The van der Waals surface area contributed by atoms with E-state index in [9.17, 15) is 4.79 Å². The van der Waals surface area contributed by atoms with Gasteiger partial charge in [0.1, 0.15) is 5.69 Å². The number of benzene rings is 1. The van der Waals surface area contributed by atoms with Crippen molar-refractivity contribution in [2.75, 3.05) is 4.90 Å². The van der Waals surface area contributed by atoms with Crippen LogP contribution in [0.3, 0.4) is 0 Å². The van der Waals surface area contributed by atoms with Gasteiger partial charge < -0.3 is 9.47 Å². The molecule has 114 valence electrons. The van der Waals surface area contributed by atoms with Crippen LogP contribution in [0.15, 0.2) is 60.9 Å². The smallest absolute Gasteiger partial charge is 0.277 e. The standard InChI is InChI=1S/C19H17N3O/c1-21-11-9-15-13-22(19(23)16-7-4-5-10-20-16)17-8-3-2-6-14(17)12-18(15)21/h2-11H,12-13H2,1H3. The second-order valence-electron chi connectivity index (χ2n) is 5.81. The molecule has 4 nitrogen and oxygen atoms in total. The molecule has 0 atom stereocenters. The molecule has 1 amide bonds. The molecule has 0 unspecified atom stereocenters. The van der Waals surface area contributed by atoms with E-state index in [-0.39, 0.29) is 5.91 Å². The molecule has 0 aliphatic carbocycles. The third-order valence-electron chi connectivity index (χ3n) is 4.39. The number of pyridine rings is 1. The van der Waals surface area contributed by atoms with E-state index in [1.165, 1.54) is 11.3 Å². The lowest BCUT2D eigenvalue weighted by molar-refractivity contribution is 0.0980. The summed E-state index contributed by atoms with van der Waals surface area (Å²) >= 11 is 0. The lowest BCUT2D eigenvalue weighted by Gasteiger charge is -2.22. The van der Waals surface area contributed by atoms with Crippen molar-refractivity contribution < 1.29 is 4.79 Å². The third kappa shape index (κ3) is 2.32. The maximum atomic E-state index is 13.0. The number of hydrogen-bond acceptors (Lipinski definition) is 2. The predicted molar refractivity (Wildman–Crippen MR) is 89.4 cm³/mol. The second kappa shape index (κ2) is 5.39. The molecule has 0 saturated carbocycles. The molecule has 0 saturated heterocycles. The first-order chi connectivity index (χ1) is 11.2. The minimum absolute atomic E-state index is 0.0604. The molecule has 0 fully saturated rings. The molecule has 0 bridgehead atoms. The lowest BCUT2D eigenvalue weighted by Crippen LogP contribution is -2.31. The van der Waals surface area contributed by atoms with Gasteiger partial charge in [0.25, 0.3) is 5.91 Å². The fraction of sp³-hybridized carbons (Fsp3) is 0.158. The van der Waals surface area contributed by atoms with Gasteiger partial charge in [0.05, 0.1) is 6.54 Å². The number of nitrogens with zero attached hydrogens (tertiary/aromatic N) is 3. The molecule has 23 heavy (non-hydrogen) atoms. The largest absolute Gasteiger partial charge is 0.354 e. The van der Waals surface area contributed by atoms with Gasteiger partial charge in [-0.25, -0.2) is 0 Å². The van der Waals surface area contributed by atoms with Gasteiger partial charge in [0.2, 0.25) is 0 Å². The first kappa shape index (κ1) is 13.8. The summed E-state index contributed by atoms with van der Waals surface area (Å²) < 4.78 is 2.14. The Morgan fingerprint density at radius 1 is 1.04 bits per heavy atom. The molecule has 1 aliphatic rings. The highest BCUT2D eigenvalue weighted by Gasteiger charge is 2.26. The van der Waals surface area contributed by atoms with E-state index >= 15 is 0 Å². The average Bonchev–Trinajstić information content (AvgIpc) is 2.84. The number of amides is 1. The summed E-state index contributed by atoms with van der Waals surface area (Å²) in [5.74, 6) is -0.0604. The van der Waals surface area contributed by atoms with E-state index < -0.39 is 0 Å². The Morgan fingerprint density at radius 2 is 1.87 bits per heavy atom. The van der Waals surface area contributed by atoms with Gasteiger partial charge in [0.15, 0.2) is 0 Å². The molecular formula is C19H17N3O. The number of anilines is 1. The molecule has 0 radical (unpaired) electrons. The van der Waals surface area contributed by atoms with E-state index in [1.807, 2.05) is 35.2 Å². The second-order valence-corrected chi connectivity index (χ2v) is 5.81. The number of aromatic nitrogens is 2. The maximum absolute atomic E-state index is 13.0. The van der Waals surface area contributed by atoms with Crippen LogP contribution in [0, 0.1) is 0 Å². The highest BCUT2D eigenvalue weighted by atomic mass is 16.2. The number of fused-ring (bicyclic) bond motifs is 2. The van der Waals surface area contributed by atoms with E-state index in [0.717, 1.165) is 17.7 Å². The normalized spacial score (nSPS) is 13.2. The molecular weight excluding hydrogens is 286 g/mol. The summed E-state index contributed by atoms with van der Waals surface area (Å²) in [6.45, 7) is 0.572.